The van der Waals surface area contributed by atoms with Crippen molar-refractivity contribution in [3.63, 3.8) is 0 Å². The molecule has 0 aliphatic rings. The number of hydrogen-bond donors (Lipinski definition) is 0. The van der Waals surface area contributed by atoms with Crippen molar-refractivity contribution in [1.29, 1.82) is 0 Å². The highest BCUT2D eigenvalue weighted by atomic mass is 15.2. The summed E-state index contributed by atoms with van der Waals surface area (Å²) in [5.74, 6) is 0. The Kier molecular flexibility index (Phi) is 5.89. The van der Waals surface area contributed by atoms with E-state index in [1.807, 2.05) is 18.2 Å². The number of hydrogen-bond acceptors (Lipinski definition) is 2. The number of anilines is 1. The lowest BCUT2D eigenvalue weighted by atomic mass is 10.2. The van der Waals surface area contributed by atoms with Crippen LogP contribution in [0, 0.1) is 0 Å². The van der Waals surface area contributed by atoms with Crippen molar-refractivity contribution in [2.75, 3.05) is 24.5 Å². The standard InChI is InChI=1S/C12H18N4/c1-2-3-10-16(11-9-14-15-13)12-7-5-4-6-8-12/h4-8H,2-3,9-11H2,1H3. The van der Waals surface area contributed by atoms with E-state index in [4.69, 9.17) is 5.53 Å². The molecular weight excluding hydrogens is 200 g/mol. The first-order valence-corrected chi connectivity index (χ1v) is 5.69. The molecule has 0 saturated carbocycles. The monoisotopic (exact) mass is 218 g/mol. The molecule has 0 amide bonds. The first-order valence-electron chi connectivity index (χ1n) is 5.69. The molecule has 4 nitrogen and oxygen atoms in total. The lowest BCUT2D eigenvalue weighted by molar-refractivity contribution is 0.715. The summed E-state index contributed by atoms with van der Waals surface area (Å²) in [6, 6.07) is 10.2. The molecule has 0 aliphatic heterocycles. The van der Waals surface area contributed by atoms with Crippen LogP contribution in [0.1, 0.15) is 19.8 Å². The Labute approximate surface area is 96.5 Å². The normalized spacial score (nSPS) is 9.56. The Bertz CT molecular complexity index is 330. The molecule has 0 aliphatic carbocycles. The van der Waals surface area contributed by atoms with Crippen LogP contribution >= 0.6 is 0 Å². The third-order valence-corrected chi connectivity index (χ3v) is 2.44. The van der Waals surface area contributed by atoms with E-state index in [1.165, 1.54) is 12.1 Å². The fraction of sp³-hybridized carbons (Fsp3) is 0.500. The molecule has 0 radical (unpaired) electrons. The predicted octanol–water partition coefficient (Wildman–Crippen LogP) is 3.60. The van der Waals surface area contributed by atoms with E-state index in [1.54, 1.807) is 0 Å². The number of rotatable bonds is 7. The molecular formula is C12H18N4. The van der Waals surface area contributed by atoms with Gasteiger partial charge in [0.2, 0.25) is 0 Å². The van der Waals surface area contributed by atoms with Gasteiger partial charge in [0.15, 0.2) is 0 Å². The van der Waals surface area contributed by atoms with Gasteiger partial charge in [-0.05, 0) is 24.1 Å². The number of azide groups is 1. The fourth-order valence-electron chi connectivity index (χ4n) is 1.57. The van der Waals surface area contributed by atoms with Crippen molar-refractivity contribution in [3.05, 3.63) is 40.8 Å². The maximum Gasteiger partial charge on any atom is 0.0434 e. The van der Waals surface area contributed by atoms with E-state index in [0.29, 0.717) is 6.54 Å². The van der Waals surface area contributed by atoms with Crippen molar-refractivity contribution in [1.82, 2.24) is 0 Å². The van der Waals surface area contributed by atoms with Gasteiger partial charge in [-0.2, -0.15) is 0 Å². The molecule has 86 valence electrons. The van der Waals surface area contributed by atoms with Gasteiger partial charge in [0.05, 0.1) is 0 Å². The van der Waals surface area contributed by atoms with Crippen LogP contribution in [0.4, 0.5) is 5.69 Å². The summed E-state index contributed by atoms with van der Waals surface area (Å²) in [4.78, 5) is 5.04. The zero-order valence-electron chi connectivity index (χ0n) is 9.71. The summed E-state index contributed by atoms with van der Waals surface area (Å²) in [6.07, 6.45) is 2.33. The van der Waals surface area contributed by atoms with Gasteiger partial charge in [-0.25, -0.2) is 0 Å². The summed E-state index contributed by atoms with van der Waals surface area (Å²) >= 11 is 0. The van der Waals surface area contributed by atoms with Crippen LogP contribution in [0.25, 0.3) is 10.4 Å². The Hall–Kier alpha value is -1.67. The number of benzene rings is 1. The highest BCUT2D eigenvalue weighted by molar-refractivity contribution is 5.45. The van der Waals surface area contributed by atoms with Crippen LogP contribution in [-0.2, 0) is 0 Å². The Balaban J connectivity index is 2.59. The topological polar surface area (TPSA) is 52.0 Å². The average molecular weight is 218 g/mol. The number of unbranched alkanes of at least 4 members (excludes halogenated alkanes) is 1. The van der Waals surface area contributed by atoms with Crippen LogP contribution in [0.5, 0.6) is 0 Å². The Morgan fingerprint density at radius 1 is 1.25 bits per heavy atom. The number of para-hydroxylation sites is 1. The minimum absolute atomic E-state index is 0.523. The smallest absolute Gasteiger partial charge is 0.0434 e. The van der Waals surface area contributed by atoms with Crippen molar-refractivity contribution in [3.8, 4) is 0 Å². The molecule has 0 atom stereocenters. The van der Waals surface area contributed by atoms with Crippen LogP contribution in [0.2, 0.25) is 0 Å². The van der Waals surface area contributed by atoms with E-state index in [9.17, 15) is 0 Å². The minimum atomic E-state index is 0.523. The van der Waals surface area contributed by atoms with Gasteiger partial charge in [-0.1, -0.05) is 36.7 Å². The van der Waals surface area contributed by atoms with Crippen molar-refractivity contribution in [2.24, 2.45) is 5.11 Å². The Morgan fingerprint density at radius 2 is 2.00 bits per heavy atom. The largest absolute Gasteiger partial charge is 0.371 e. The lowest BCUT2D eigenvalue weighted by Gasteiger charge is -2.23. The zero-order valence-corrected chi connectivity index (χ0v) is 9.71. The van der Waals surface area contributed by atoms with Crippen LogP contribution < -0.4 is 4.90 Å². The second-order valence-electron chi connectivity index (χ2n) is 3.63. The number of nitrogens with zero attached hydrogens (tertiary/aromatic N) is 4. The molecule has 1 aromatic rings. The van der Waals surface area contributed by atoms with Crippen molar-refractivity contribution < 1.29 is 0 Å². The summed E-state index contributed by atoms with van der Waals surface area (Å²) in [6.45, 7) is 4.50. The molecule has 0 aromatic heterocycles. The second kappa shape index (κ2) is 7.60. The summed E-state index contributed by atoms with van der Waals surface area (Å²) in [5.41, 5.74) is 9.46. The molecule has 0 bridgehead atoms. The summed E-state index contributed by atoms with van der Waals surface area (Å²) < 4.78 is 0. The average Bonchev–Trinajstić information content (AvgIpc) is 2.35. The first kappa shape index (κ1) is 12.4. The van der Waals surface area contributed by atoms with E-state index < -0.39 is 0 Å². The van der Waals surface area contributed by atoms with E-state index >= 15 is 0 Å². The van der Waals surface area contributed by atoms with Gasteiger partial charge in [-0.15, -0.1) is 0 Å². The van der Waals surface area contributed by atoms with Gasteiger partial charge in [0.1, 0.15) is 0 Å². The first-order chi connectivity index (χ1) is 7.88. The highest BCUT2D eigenvalue weighted by Gasteiger charge is 2.03. The SMILES string of the molecule is CCCCN(CCN=[N+]=[N-])c1ccccc1. The Morgan fingerprint density at radius 3 is 2.62 bits per heavy atom. The molecule has 16 heavy (non-hydrogen) atoms. The highest BCUT2D eigenvalue weighted by Crippen LogP contribution is 2.13. The molecule has 0 saturated heterocycles. The maximum absolute atomic E-state index is 8.27. The van der Waals surface area contributed by atoms with E-state index in [0.717, 1.165) is 19.5 Å². The second-order valence-corrected chi connectivity index (χ2v) is 3.63. The molecule has 1 rings (SSSR count). The van der Waals surface area contributed by atoms with E-state index in [-0.39, 0.29) is 0 Å². The quantitative estimate of drug-likeness (QED) is 0.392. The van der Waals surface area contributed by atoms with Crippen LogP contribution in [0.15, 0.2) is 35.4 Å². The predicted molar refractivity (Wildman–Crippen MR) is 67.6 cm³/mol. The third-order valence-electron chi connectivity index (χ3n) is 2.44. The zero-order chi connectivity index (χ0) is 11.6. The van der Waals surface area contributed by atoms with Gasteiger partial charge in [0.25, 0.3) is 0 Å². The van der Waals surface area contributed by atoms with Gasteiger partial charge in [-0.3, -0.25) is 0 Å². The summed E-state index contributed by atoms with van der Waals surface area (Å²) in [7, 11) is 0. The van der Waals surface area contributed by atoms with Crippen LogP contribution in [0.3, 0.4) is 0 Å². The van der Waals surface area contributed by atoms with Crippen molar-refractivity contribution >= 4 is 5.69 Å². The van der Waals surface area contributed by atoms with Gasteiger partial charge >= 0.3 is 0 Å². The molecule has 0 heterocycles. The molecule has 0 N–H and O–H groups in total. The maximum atomic E-state index is 8.27. The third kappa shape index (κ3) is 4.24. The summed E-state index contributed by atoms with van der Waals surface area (Å²) in [5, 5.41) is 3.58. The fourth-order valence-corrected chi connectivity index (χ4v) is 1.57. The van der Waals surface area contributed by atoms with Crippen molar-refractivity contribution in [2.45, 2.75) is 19.8 Å². The molecule has 0 unspecified atom stereocenters. The molecule has 0 fully saturated rings. The molecule has 4 heteroatoms. The lowest BCUT2D eigenvalue weighted by Crippen LogP contribution is -2.27. The van der Waals surface area contributed by atoms with E-state index in [2.05, 4.69) is 34.0 Å². The van der Waals surface area contributed by atoms with Gasteiger partial charge in [0, 0.05) is 30.2 Å². The van der Waals surface area contributed by atoms with Crippen LogP contribution in [-0.4, -0.2) is 19.6 Å². The van der Waals surface area contributed by atoms with Gasteiger partial charge < -0.3 is 4.90 Å². The molecule has 0 spiro atoms. The molecule has 1 aromatic carbocycles. The minimum Gasteiger partial charge on any atom is -0.371 e.